The zero-order chi connectivity index (χ0) is 17.9. The first-order chi connectivity index (χ1) is 12.7. The summed E-state index contributed by atoms with van der Waals surface area (Å²) in [6.07, 6.45) is 1.88. The summed E-state index contributed by atoms with van der Waals surface area (Å²) in [4.78, 5) is 10.3. The Morgan fingerprint density at radius 1 is 1.08 bits per heavy atom. The summed E-state index contributed by atoms with van der Waals surface area (Å²) in [6, 6.07) is 18.5. The lowest BCUT2D eigenvalue weighted by Crippen LogP contribution is -2.02. The predicted octanol–water partition coefficient (Wildman–Crippen LogP) is 5.81. The summed E-state index contributed by atoms with van der Waals surface area (Å²) in [5, 5.41) is 4.51. The average Bonchev–Trinajstić information content (AvgIpc) is 3.07. The minimum absolute atomic E-state index is 0.577. The highest BCUT2D eigenvalue weighted by molar-refractivity contribution is 7.22. The number of fused-ring (bicyclic) bond motifs is 1. The number of hydrogen-bond acceptors (Lipinski definition) is 5. The van der Waals surface area contributed by atoms with Gasteiger partial charge in [-0.15, -0.1) is 11.3 Å². The Kier molecular flexibility index (Phi) is 4.54. The largest absolute Gasteiger partial charge is 0.490 e. The maximum atomic E-state index is 5.83. The molecule has 0 aliphatic rings. The summed E-state index contributed by atoms with van der Waals surface area (Å²) in [7, 11) is 0. The van der Waals surface area contributed by atoms with E-state index >= 15 is 0 Å². The molecule has 4 nitrogen and oxygen atoms in total. The minimum atomic E-state index is 0.577. The molecular weight excluding hydrogens is 342 g/mol. The van der Waals surface area contributed by atoms with Gasteiger partial charge < -0.3 is 10.1 Å². The minimum Gasteiger partial charge on any atom is -0.490 e. The number of thiophene rings is 1. The predicted molar refractivity (Wildman–Crippen MR) is 108 cm³/mol. The molecule has 0 atom stereocenters. The van der Waals surface area contributed by atoms with Crippen molar-refractivity contribution in [2.75, 3.05) is 11.9 Å². The highest BCUT2D eigenvalue weighted by Gasteiger charge is 2.11. The lowest BCUT2D eigenvalue weighted by molar-refractivity contribution is 0.341. The summed E-state index contributed by atoms with van der Waals surface area (Å²) < 4.78 is 7.10. The average molecular weight is 361 g/mol. The van der Waals surface area contributed by atoms with Gasteiger partial charge >= 0.3 is 0 Å². The van der Waals surface area contributed by atoms with Crippen molar-refractivity contribution in [3.05, 3.63) is 66.5 Å². The Bertz CT molecular complexity index is 1030. The van der Waals surface area contributed by atoms with Crippen LogP contribution in [0.15, 0.2) is 60.8 Å². The highest BCUT2D eigenvalue weighted by atomic mass is 32.1. The van der Waals surface area contributed by atoms with Gasteiger partial charge in [-0.25, -0.2) is 9.97 Å². The third-order valence-corrected chi connectivity index (χ3v) is 5.16. The van der Waals surface area contributed by atoms with Crippen molar-refractivity contribution < 1.29 is 4.74 Å². The monoisotopic (exact) mass is 361 g/mol. The van der Waals surface area contributed by atoms with E-state index in [0.717, 1.165) is 22.8 Å². The van der Waals surface area contributed by atoms with Gasteiger partial charge in [0.05, 0.1) is 6.61 Å². The molecular formula is C21H19N3OS. The van der Waals surface area contributed by atoms with Crippen LogP contribution >= 0.6 is 11.3 Å². The van der Waals surface area contributed by atoms with Gasteiger partial charge in [-0.1, -0.05) is 24.3 Å². The number of aromatic nitrogens is 2. The van der Waals surface area contributed by atoms with Gasteiger partial charge in [0.1, 0.15) is 5.82 Å². The van der Waals surface area contributed by atoms with Crippen molar-refractivity contribution in [1.29, 1.82) is 0 Å². The van der Waals surface area contributed by atoms with Crippen molar-refractivity contribution in [3.8, 4) is 16.2 Å². The molecule has 0 aliphatic heterocycles. The molecule has 1 N–H and O–H groups in total. The van der Waals surface area contributed by atoms with E-state index in [9.17, 15) is 0 Å². The quantitative estimate of drug-likeness (QED) is 0.487. The Balaban J connectivity index is 1.70. The van der Waals surface area contributed by atoms with Crippen molar-refractivity contribution in [1.82, 2.24) is 9.97 Å². The van der Waals surface area contributed by atoms with Gasteiger partial charge in [0.25, 0.3) is 0 Å². The third-order valence-electron chi connectivity index (χ3n) is 4.00. The molecule has 1 aromatic carbocycles. The number of ether oxygens (including phenoxy) is 1. The van der Waals surface area contributed by atoms with Crippen LogP contribution in [0.1, 0.15) is 12.6 Å². The molecule has 0 bridgehead atoms. The van der Waals surface area contributed by atoms with E-state index in [2.05, 4.69) is 45.6 Å². The van der Waals surface area contributed by atoms with Crippen LogP contribution in [-0.2, 0) is 0 Å². The van der Waals surface area contributed by atoms with Crippen molar-refractivity contribution in [2.24, 2.45) is 0 Å². The molecule has 4 rings (SSSR count). The van der Waals surface area contributed by atoms with Gasteiger partial charge in [-0.3, -0.25) is 0 Å². The second-order valence-electron chi connectivity index (χ2n) is 5.94. The third kappa shape index (κ3) is 3.39. The smallest absolute Gasteiger partial charge is 0.174 e. The molecule has 0 saturated heterocycles. The molecule has 0 unspecified atom stereocenters. The van der Waals surface area contributed by atoms with Crippen LogP contribution in [0, 0.1) is 6.92 Å². The molecule has 0 saturated carbocycles. The second kappa shape index (κ2) is 7.14. The normalized spacial score (nSPS) is 10.8. The van der Waals surface area contributed by atoms with E-state index in [1.165, 1.54) is 15.0 Å². The number of benzene rings is 1. The van der Waals surface area contributed by atoms with E-state index in [1.807, 2.05) is 44.3 Å². The number of anilines is 2. The lowest BCUT2D eigenvalue weighted by atomic mass is 10.2. The second-order valence-corrected chi connectivity index (χ2v) is 7.03. The maximum absolute atomic E-state index is 5.83. The van der Waals surface area contributed by atoms with Crippen LogP contribution in [0.4, 0.5) is 11.6 Å². The fraction of sp³-hybridized carbons (Fsp3) is 0.143. The van der Waals surface area contributed by atoms with E-state index in [1.54, 1.807) is 11.3 Å². The summed E-state index contributed by atoms with van der Waals surface area (Å²) >= 11 is 1.76. The zero-order valence-corrected chi connectivity index (χ0v) is 15.5. The van der Waals surface area contributed by atoms with E-state index in [-0.39, 0.29) is 0 Å². The Labute approximate surface area is 156 Å². The number of hydrogen-bond donors (Lipinski definition) is 1. The van der Waals surface area contributed by atoms with E-state index < -0.39 is 0 Å². The lowest BCUT2D eigenvalue weighted by Gasteiger charge is -2.12. The molecule has 4 aromatic rings. The van der Waals surface area contributed by atoms with Crippen molar-refractivity contribution in [3.63, 3.8) is 0 Å². The van der Waals surface area contributed by atoms with Crippen molar-refractivity contribution >= 4 is 33.1 Å². The van der Waals surface area contributed by atoms with Crippen LogP contribution < -0.4 is 10.1 Å². The fourth-order valence-corrected chi connectivity index (χ4v) is 3.84. The van der Waals surface area contributed by atoms with Crippen LogP contribution in [0.25, 0.3) is 20.5 Å². The Morgan fingerprint density at radius 2 is 1.96 bits per heavy atom. The number of nitrogens with zero attached hydrogens (tertiary/aromatic N) is 2. The molecule has 26 heavy (non-hydrogen) atoms. The van der Waals surface area contributed by atoms with E-state index in [4.69, 9.17) is 4.74 Å². The van der Waals surface area contributed by atoms with Crippen LogP contribution in [0.2, 0.25) is 0 Å². The molecule has 0 amide bonds. The van der Waals surface area contributed by atoms with Crippen molar-refractivity contribution in [2.45, 2.75) is 13.8 Å². The first-order valence-corrected chi connectivity index (χ1v) is 9.37. The molecule has 0 radical (unpaired) electrons. The summed E-state index contributed by atoms with van der Waals surface area (Å²) in [5.41, 5.74) is 2.01. The standard InChI is InChI=1S/C21H19N3OS/c1-3-25-17-11-16(19-12-15-8-4-5-9-18(15)26-19)13-22-21(17)24-20-10-6-7-14(2)23-20/h4-13H,3H2,1-2H3,(H,22,23,24). The molecule has 3 heterocycles. The number of aryl methyl sites for hydroxylation is 1. The number of nitrogens with one attached hydrogen (secondary N) is 1. The Hall–Kier alpha value is -2.92. The van der Waals surface area contributed by atoms with Crippen LogP contribution in [0.5, 0.6) is 5.75 Å². The summed E-state index contributed by atoms with van der Waals surface area (Å²) in [6.45, 7) is 4.51. The zero-order valence-electron chi connectivity index (χ0n) is 14.7. The van der Waals surface area contributed by atoms with Gasteiger partial charge in [0.15, 0.2) is 11.6 Å². The van der Waals surface area contributed by atoms with Crippen LogP contribution in [0.3, 0.4) is 0 Å². The number of pyridine rings is 2. The van der Waals surface area contributed by atoms with E-state index in [0.29, 0.717) is 12.4 Å². The molecule has 3 aromatic heterocycles. The fourth-order valence-electron chi connectivity index (χ4n) is 2.80. The Morgan fingerprint density at radius 3 is 2.77 bits per heavy atom. The first-order valence-electron chi connectivity index (χ1n) is 8.55. The van der Waals surface area contributed by atoms with Gasteiger partial charge in [0.2, 0.25) is 0 Å². The molecule has 0 fully saturated rings. The summed E-state index contributed by atoms with van der Waals surface area (Å²) in [5.74, 6) is 2.16. The maximum Gasteiger partial charge on any atom is 0.174 e. The molecule has 0 aliphatic carbocycles. The highest BCUT2D eigenvalue weighted by Crippen LogP contribution is 2.36. The van der Waals surface area contributed by atoms with Crippen LogP contribution in [-0.4, -0.2) is 16.6 Å². The van der Waals surface area contributed by atoms with Gasteiger partial charge in [-0.2, -0.15) is 0 Å². The molecule has 0 spiro atoms. The SMILES string of the molecule is CCOc1cc(-c2cc3ccccc3s2)cnc1Nc1cccc(C)n1. The topological polar surface area (TPSA) is 47.0 Å². The van der Waals surface area contributed by atoms with Gasteiger partial charge in [0, 0.05) is 27.0 Å². The molecule has 130 valence electrons. The van der Waals surface area contributed by atoms with Gasteiger partial charge in [-0.05, 0) is 49.6 Å². The molecule has 5 heteroatoms. The first kappa shape index (κ1) is 16.5. The number of rotatable bonds is 5.